The number of hydrazine groups is 1. The molecule has 0 atom stereocenters. The summed E-state index contributed by atoms with van der Waals surface area (Å²) in [5, 5.41) is 11.3. The fourth-order valence-electron chi connectivity index (χ4n) is 6.15. The van der Waals surface area contributed by atoms with Gasteiger partial charge in [0, 0.05) is 13.1 Å². The standard InChI is InChI=1S/C38H78N2O2/c1-3-5-7-9-11-13-15-17-19-21-23-25-27-29-31-33-35-40(39-37-38(41)42)36-34-32-30-28-26-24-22-20-18-16-14-12-10-8-6-4-2/h39H,3-37H2,1-2H3,(H,41,42). The summed E-state index contributed by atoms with van der Waals surface area (Å²) < 4.78 is 0. The quantitative estimate of drug-likeness (QED) is 0.0555. The fourth-order valence-corrected chi connectivity index (χ4v) is 6.15. The Balaban J connectivity index is 3.54. The van der Waals surface area contributed by atoms with Crippen LogP contribution in [0.2, 0.25) is 0 Å². The van der Waals surface area contributed by atoms with E-state index < -0.39 is 5.97 Å². The van der Waals surface area contributed by atoms with Gasteiger partial charge in [-0.2, -0.15) is 0 Å². The van der Waals surface area contributed by atoms with Crippen molar-refractivity contribution >= 4 is 5.97 Å². The maximum Gasteiger partial charge on any atom is 0.318 e. The van der Waals surface area contributed by atoms with Gasteiger partial charge in [0.05, 0.1) is 0 Å². The summed E-state index contributed by atoms with van der Waals surface area (Å²) in [5.74, 6) is -0.765. The van der Waals surface area contributed by atoms with E-state index in [1.165, 1.54) is 205 Å². The minimum Gasteiger partial charge on any atom is -0.480 e. The molecule has 0 amide bonds. The molecule has 0 saturated carbocycles. The van der Waals surface area contributed by atoms with Crippen LogP contribution in [0.1, 0.15) is 219 Å². The van der Waals surface area contributed by atoms with E-state index in [9.17, 15) is 4.79 Å². The highest BCUT2D eigenvalue weighted by atomic mass is 16.4. The Morgan fingerprint density at radius 3 is 0.833 bits per heavy atom. The number of nitrogens with one attached hydrogen (secondary N) is 1. The second-order valence-corrected chi connectivity index (χ2v) is 13.3. The predicted molar refractivity (Wildman–Crippen MR) is 186 cm³/mol. The first-order chi connectivity index (χ1) is 20.7. The van der Waals surface area contributed by atoms with Crippen molar-refractivity contribution in [3.05, 3.63) is 0 Å². The van der Waals surface area contributed by atoms with E-state index in [4.69, 9.17) is 5.11 Å². The number of carboxylic acid groups (broad SMARTS) is 1. The first-order valence-corrected chi connectivity index (χ1v) is 19.4. The lowest BCUT2D eigenvalue weighted by Gasteiger charge is -2.22. The van der Waals surface area contributed by atoms with Gasteiger partial charge in [-0.1, -0.05) is 206 Å². The number of aliphatic carboxylic acids is 1. The van der Waals surface area contributed by atoms with Crippen LogP contribution in [0.5, 0.6) is 0 Å². The lowest BCUT2D eigenvalue weighted by Crippen LogP contribution is -2.42. The van der Waals surface area contributed by atoms with Gasteiger partial charge in [0.2, 0.25) is 0 Å². The summed E-state index contributed by atoms with van der Waals surface area (Å²) in [7, 11) is 0. The molecule has 0 unspecified atom stereocenters. The van der Waals surface area contributed by atoms with E-state index in [1.54, 1.807) is 0 Å². The Kier molecular flexibility index (Phi) is 36.0. The maximum absolute atomic E-state index is 11.1. The molecule has 0 aromatic heterocycles. The van der Waals surface area contributed by atoms with Crippen LogP contribution in [-0.4, -0.2) is 35.7 Å². The molecule has 0 saturated heterocycles. The van der Waals surface area contributed by atoms with Crippen LogP contribution in [0.3, 0.4) is 0 Å². The summed E-state index contributed by atoms with van der Waals surface area (Å²) in [6.07, 6.45) is 44.4. The molecule has 0 aliphatic carbocycles. The summed E-state index contributed by atoms with van der Waals surface area (Å²) in [6, 6.07) is 0. The summed E-state index contributed by atoms with van der Waals surface area (Å²) >= 11 is 0. The molecule has 4 heteroatoms. The number of unbranched alkanes of at least 4 members (excludes halogenated alkanes) is 30. The van der Waals surface area contributed by atoms with Crippen molar-refractivity contribution in [1.82, 2.24) is 10.4 Å². The molecule has 0 aliphatic heterocycles. The summed E-state index contributed by atoms with van der Waals surface area (Å²) in [5.41, 5.74) is 3.16. The topological polar surface area (TPSA) is 52.6 Å². The minimum atomic E-state index is -0.765. The molecular weight excluding hydrogens is 516 g/mol. The second kappa shape index (κ2) is 36.6. The molecular formula is C38H78N2O2. The van der Waals surface area contributed by atoms with Gasteiger partial charge >= 0.3 is 5.97 Å². The van der Waals surface area contributed by atoms with Crippen molar-refractivity contribution in [2.24, 2.45) is 0 Å². The van der Waals surface area contributed by atoms with Crippen molar-refractivity contribution in [3.63, 3.8) is 0 Å². The monoisotopic (exact) mass is 595 g/mol. The molecule has 0 heterocycles. The molecule has 0 rings (SSSR count). The van der Waals surface area contributed by atoms with Crippen LogP contribution in [0.25, 0.3) is 0 Å². The highest BCUT2D eigenvalue weighted by Crippen LogP contribution is 2.15. The average molecular weight is 595 g/mol. The Labute approximate surface area is 264 Å². The summed E-state index contributed by atoms with van der Waals surface area (Å²) in [4.78, 5) is 11.1. The molecule has 0 radical (unpaired) electrons. The molecule has 0 aromatic carbocycles. The van der Waals surface area contributed by atoms with Crippen LogP contribution in [0.4, 0.5) is 0 Å². The molecule has 0 aliphatic rings. The van der Waals surface area contributed by atoms with E-state index >= 15 is 0 Å². The number of carboxylic acids is 1. The van der Waals surface area contributed by atoms with E-state index in [0.717, 1.165) is 13.1 Å². The van der Waals surface area contributed by atoms with Gasteiger partial charge in [0.25, 0.3) is 0 Å². The summed E-state index contributed by atoms with van der Waals surface area (Å²) in [6.45, 7) is 6.57. The van der Waals surface area contributed by atoms with E-state index in [-0.39, 0.29) is 6.54 Å². The van der Waals surface area contributed by atoms with Crippen LogP contribution in [0.15, 0.2) is 0 Å². The second-order valence-electron chi connectivity index (χ2n) is 13.3. The van der Waals surface area contributed by atoms with Gasteiger partial charge < -0.3 is 5.11 Å². The van der Waals surface area contributed by atoms with Gasteiger partial charge in [-0.15, -0.1) is 0 Å². The fraction of sp³-hybridized carbons (Fsp3) is 0.974. The van der Waals surface area contributed by atoms with Crippen LogP contribution >= 0.6 is 0 Å². The van der Waals surface area contributed by atoms with Gasteiger partial charge in [-0.25, -0.2) is 10.4 Å². The van der Waals surface area contributed by atoms with Crippen LogP contribution in [-0.2, 0) is 4.79 Å². The number of carbonyl (C=O) groups is 1. The van der Waals surface area contributed by atoms with E-state index in [1.807, 2.05) is 0 Å². The number of hydrogen-bond donors (Lipinski definition) is 2. The van der Waals surface area contributed by atoms with Crippen molar-refractivity contribution in [2.45, 2.75) is 219 Å². The average Bonchev–Trinajstić information content (AvgIpc) is 2.98. The Morgan fingerprint density at radius 1 is 0.405 bits per heavy atom. The van der Waals surface area contributed by atoms with E-state index in [0.29, 0.717) is 0 Å². The molecule has 0 aromatic rings. The molecule has 0 fully saturated rings. The van der Waals surface area contributed by atoms with Gasteiger partial charge in [-0.3, -0.25) is 4.79 Å². The lowest BCUT2D eigenvalue weighted by atomic mass is 10.0. The van der Waals surface area contributed by atoms with Crippen LogP contribution in [0, 0.1) is 0 Å². The van der Waals surface area contributed by atoms with Crippen LogP contribution < -0.4 is 5.43 Å². The zero-order valence-electron chi connectivity index (χ0n) is 29.1. The molecule has 4 nitrogen and oxygen atoms in total. The molecule has 2 N–H and O–H groups in total. The van der Waals surface area contributed by atoms with Gasteiger partial charge in [0.1, 0.15) is 6.54 Å². The van der Waals surface area contributed by atoms with Crippen molar-refractivity contribution in [2.75, 3.05) is 19.6 Å². The van der Waals surface area contributed by atoms with Gasteiger partial charge in [0.15, 0.2) is 0 Å². The molecule has 42 heavy (non-hydrogen) atoms. The largest absolute Gasteiger partial charge is 0.480 e. The first kappa shape index (κ1) is 41.4. The molecule has 0 spiro atoms. The highest BCUT2D eigenvalue weighted by Gasteiger charge is 2.06. The minimum absolute atomic E-state index is 0.0394. The smallest absolute Gasteiger partial charge is 0.318 e. The Hall–Kier alpha value is -0.610. The number of hydrogen-bond acceptors (Lipinski definition) is 3. The third kappa shape index (κ3) is 35.6. The zero-order valence-corrected chi connectivity index (χ0v) is 29.1. The van der Waals surface area contributed by atoms with Crippen molar-refractivity contribution in [3.8, 4) is 0 Å². The predicted octanol–water partition coefficient (Wildman–Crippen LogP) is 12.4. The molecule has 252 valence electrons. The Morgan fingerprint density at radius 2 is 0.619 bits per heavy atom. The zero-order chi connectivity index (χ0) is 30.6. The normalized spacial score (nSPS) is 11.6. The maximum atomic E-state index is 11.1. The third-order valence-corrected chi connectivity index (χ3v) is 9.02. The SMILES string of the molecule is CCCCCCCCCCCCCCCCCCN(CCCCCCCCCCCCCCCCCC)NCC(=O)O. The number of nitrogens with zero attached hydrogens (tertiary/aromatic N) is 1. The van der Waals surface area contributed by atoms with Crippen molar-refractivity contribution < 1.29 is 9.90 Å². The number of rotatable bonds is 37. The Bertz CT molecular complexity index is 477. The first-order valence-electron chi connectivity index (χ1n) is 19.4. The molecule has 0 bridgehead atoms. The lowest BCUT2D eigenvalue weighted by molar-refractivity contribution is -0.137. The van der Waals surface area contributed by atoms with E-state index in [2.05, 4.69) is 24.3 Å². The highest BCUT2D eigenvalue weighted by molar-refractivity contribution is 5.68. The van der Waals surface area contributed by atoms with Crippen molar-refractivity contribution in [1.29, 1.82) is 0 Å². The third-order valence-electron chi connectivity index (χ3n) is 9.02. The van der Waals surface area contributed by atoms with Gasteiger partial charge in [-0.05, 0) is 12.8 Å².